The quantitative estimate of drug-likeness (QED) is 0.529. The molecule has 0 aliphatic heterocycles. The maximum Gasteiger partial charge on any atom is 0.129 e. The Labute approximate surface area is 112 Å². The molecule has 5 heteroatoms. The van der Waals surface area contributed by atoms with Gasteiger partial charge < -0.3 is 0 Å². The zero-order valence-corrected chi connectivity index (χ0v) is 10.6. The van der Waals surface area contributed by atoms with Crippen molar-refractivity contribution in [3.63, 3.8) is 0 Å². The molecule has 4 rings (SSSR count). The van der Waals surface area contributed by atoms with Crippen molar-refractivity contribution >= 4 is 31.8 Å². The van der Waals surface area contributed by atoms with Gasteiger partial charge >= 0.3 is 0 Å². The van der Waals surface area contributed by atoms with Gasteiger partial charge in [-0.1, -0.05) is 30.3 Å². The first-order chi connectivity index (χ1) is 9.43. The Bertz CT molecular complexity index is 870. The summed E-state index contributed by atoms with van der Waals surface area (Å²) in [5.74, 6) is 0. The van der Waals surface area contributed by atoms with E-state index in [1.54, 1.807) is 24.0 Å². The lowest BCUT2D eigenvalue weighted by Crippen LogP contribution is -1.85. The fourth-order valence-electron chi connectivity index (χ4n) is 2.12. The summed E-state index contributed by atoms with van der Waals surface area (Å²) in [5, 5.41) is 0.988. The van der Waals surface area contributed by atoms with Crippen LogP contribution in [0.5, 0.6) is 0 Å². The molecule has 0 bridgehead atoms. The molecule has 3 aromatic heterocycles. The third-order valence-electron chi connectivity index (χ3n) is 2.98. The second-order valence-electron chi connectivity index (χ2n) is 4.11. The van der Waals surface area contributed by atoms with E-state index in [0.717, 1.165) is 31.7 Å². The molecular weight excluding hydrogens is 256 g/mol. The van der Waals surface area contributed by atoms with Crippen LogP contribution < -0.4 is 0 Å². The SMILES string of the molecule is c1ccc(-c2ncnc3c2sc2ncncc23)cc1. The van der Waals surface area contributed by atoms with Crippen LogP contribution in [0.1, 0.15) is 0 Å². The van der Waals surface area contributed by atoms with E-state index in [4.69, 9.17) is 0 Å². The lowest BCUT2D eigenvalue weighted by molar-refractivity contribution is 1.22. The van der Waals surface area contributed by atoms with Gasteiger partial charge in [0.1, 0.15) is 17.5 Å². The molecule has 0 saturated heterocycles. The third-order valence-corrected chi connectivity index (χ3v) is 4.09. The fourth-order valence-corrected chi connectivity index (χ4v) is 3.20. The molecular formula is C14H8N4S. The summed E-state index contributed by atoms with van der Waals surface area (Å²) >= 11 is 1.61. The normalized spacial score (nSPS) is 11.2. The van der Waals surface area contributed by atoms with Gasteiger partial charge in [0.15, 0.2) is 0 Å². The van der Waals surface area contributed by atoms with E-state index in [1.165, 1.54) is 0 Å². The first kappa shape index (κ1) is 10.5. The summed E-state index contributed by atoms with van der Waals surface area (Å²) < 4.78 is 1.06. The van der Waals surface area contributed by atoms with E-state index in [2.05, 4.69) is 32.1 Å². The number of nitrogens with zero attached hydrogens (tertiary/aromatic N) is 4. The summed E-state index contributed by atoms with van der Waals surface area (Å²) in [5.41, 5.74) is 2.97. The number of hydrogen-bond donors (Lipinski definition) is 0. The van der Waals surface area contributed by atoms with Crippen LogP contribution in [0, 0.1) is 0 Å². The van der Waals surface area contributed by atoms with Crippen molar-refractivity contribution in [1.82, 2.24) is 19.9 Å². The van der Waals surface area contributed by atoms with E-state index in [0.29, 0.717) is 0 Å². The highest BCUT2D eigenvalue weighted by molar-refractivity contribution is 7.25. The lowest BCUT2D eigenvalue weighted by Gasteiger charge is -2.00. The van der Waals surface area contributed by atoms with Crippen molar-refractivity contribution in [2.24, 2.45) is 0 Å². The smallest absolute Gasteiger partial charge is 0.129 e. The monoisotopic (exact) mass is 264 g/mol. The van der Waals surface area contributed by atoms with E-state index < -0.39 is 0 Å². The molecule has 1 aromatic carbocycles. The number of thiophene rings is 1. The van der Waals surface area contributed by atoms with Gasteiger partial charge in [0.05, 0.1) is 21.3 Å². The maximum atomic E-state index is 4.42. The molecule has 0 atom stereocenters. The summed E-state index contributed by atoms with van der Waals surface area (Å²) in [7, 11) is 0. The molecule has 90 valence electrons. The molecule has 0 spiro atoms. The molecule has 4 aromatic rings. The van der Waals surface area contributed by atoms with Crippen molar-refractivity contribution in [3.05, 3.63) is 49.2 Å². The lowest BCUT2D eigenvalue weighted by atomic mass is 10.1. The number of benzene rings is 1. The zero-order chi connectivity index (χ0) is 12.7. The Morgan fingerprint density at radius 1 is 0.895 bits per heavy atom. The summed E-state index contributed by atoms with van der Waals surface area (Å²) in [6, 6.07) is 10.1. The predicted octanol–water partition coefficient (Wildman–Crippen LogP) is 3.30. The van der Waals surface area contributed by atoms with Gasteiger partial charge in [-0.05, 0) is 0 Å². The molecule has 4 nitrogen and oxygen atoms in total. The van der Waals surface area contributed by atoms with Crippen LogP contribution in [0.4, 0.5) is 0 Å². The molecule has 0 aliphatic carbocycles. The number of hydrogen-bond acceptors (Lipinski definition) is 5. The van der Waals surface area contributed by atoms with Crippen LogP contribution in [-0.4, -0.2) is 19.9 Å². The average Bonchev–Trinajstić information content (AvgIpc) is 2.87. The molecule has 0 unspecified atom stereocenters. The summed E-state index contributed by atoms with van der Waals surface area (Å²) in [4.78, 5) is 18.1. The van der Waals surface area contributed by atoms with Crippen LogP contribution in [0.2, 0.25) is 0 Å². The minimum Gasteiger partial charge on any atom is -0.244 e. The average molecular weight is 264 g/mol. The standard InChI is InChI=1S/C14H8N4S/c1-2-4-9(5-3-1)11-13-12(17-8-16-11)10-6-15-7-18-14(10)19-13/h1-8H. The van der Waals surface area contributed by atoms with Crippen LogP contribution >= 0.6 is 11.3 Å². The molecule has 0 amide bonds. The Hall–Kier alpha value is -2.40. The first-order valence-electron chi connectivity index (χ1n) is 5.82. The number of fused-ring (bicyclic) bond motifs is 3. The van der Waals surface area contributed by atoms with Gasteiger partial charge in [0.2, 0.25) is 0 Å². The molecule has 0 N–H and O–H groups in total. The summed E-state index contributed by atoms with van der Waals surface area (Å²) in [6.07, 6.45) is 4.97. The Kier molecular flexibility index (Phi) is 2.25. The van der Waals surface area contributed by atoms with E-state index >= 15 is 0 Å². The zero-order valence-electron chi connectivity index (χ0n) is 9.82. The minimum absolute atomic E-state index is 0.925. The van der Waals surface area contributed by atoms with E-state index in [9.17, 15) is 0 Å². The third kappa shape index (κ3) is 1.59. The first-order valence-corrected chi connectivity index (χ1v) is 6.64. The molecule has 0 radical (unpaired) electrons. The molecule has 0 saturated carbocycles. The van der Waals surface area contributed by atoms with Crippen molar-refractivity contribution in [2.45, 2.75) is 0 Å². The van der Waals surface area contributed by atoms with Gasteiger partial charge in [-0.15, -0.1) is 11.3 Å². The van der Waals surface area contributed by atoms with Crippen molar-refractivity contribution in [3.8, 4) is 11.3 Å². The molecule has 19 heavy (non-hydrogen) atoms. The highest BCUT2D eigenvalue weighted by Crippen LogP contribution is 2.35. The van der Waals surface area contributed by atoms with Gasteiger partial charge in [-0.25, -0.2) is 19.9 Å². The van der Waals surface area contributed by atoms with E-state index in [1.807, 2.05) is 24.4 Å². The van der Waals surface area contributed by atoms with Gasteiger partial charge in [-0.2, -0.15) is 0 Å². The molecule has 0 fully saturated rings. The van der Waals surface area contributed by atoms with Crippen molar-refractivity contribution < 1.29 is 0 Å². The minimum atomic E-state index is 0.925. The molecule has 3 heterocycles. The largest absolute Gasteiger partial charge is 0.244 e. The van der Waals surface area contributed by atoms with Crippen LogP contribution in [0.3, 0.4) is 0 Å². The van der Waals surface area contributed by atoms with Crippen LogP contribution in [0.25, 0.3) is 31.7 Å². The van der Waals surface area contributed by atoms with Gasteiger partial charge in [0, 0.05) is 11.8 Å². The summed E-state index contributed by atoms with van der Waals surface area (Å²) in [6.45, 7) is 0. The van der Waals surface area contributed by atoms with Crippen molar-refractivity contribution in [2.75, 3.05) is 0 Å². The number of aromatic nitrogens is 4. The van der Waals surface area contributed by atoms with Gasteiger partial charge in [0.25, 0.3) is 0 Å². The Morgan fingerprint density at radius 3 is 2.68 bits per heavy atom. The van der Waals surface area contributed by atoms with Crippen molar-refractivity contribution in [1.29, 1.82) is 0 Å². The maximum absolute atomic E-state index is 4.42. The number of rotatable bonds is 1. The second kappa shape index (κ2) is 4.07. The molecule has 0 aliphatic rings. The van der Waals surface area contributed by atoms with Crippen LogP contribution in [-0.2, 0) is 0 Å². The van der Waals surface area contributed by atoms with E-state index in [-0.39, 0.29) is 0 Å². The second-order valence-corrected chi connectivity index (χ2v) is 5.11. The Balaban J connectivity index is 2.13. The van der Waals surface area contributed by atoms with Crippen LogP contribution in [0.15, 0.2) is 49.2 Å². The highest BCUT2D eigenvalue weighted by Gasteiger charge is 2.12. The van der Waals surface area contributed by atoms with Gasteiger partial charge in [-0.3, -0.25) is 0 Å². The Morgan fingerprint density at radius 2 is 1.79 bits per heavy atom. The highest BCUT2D eigenvalue weighted by atomic mass is 32.1. The fraction of sp³-hybridized carbons (Fsp3) is 0. The topological polar surface area (TPSA) is 51.6 Å². The predicted molar refractivity (Wildman–Crippen MR) is 75.9 cm³/mol.